The van der Waals surface area contributed by atoms with Gasteiger partial charge in [0, 0.05) is 11.1 Å². The molecule has 0 fully saturated rings. The molecule has 0 saturated carbocycles. The molecule has 3 aromatic carbocycles. The molecular formula is C31H31N3O7. The lowest BCUT2D eigenvalue weighted by Gasteiger charge is -2.17. The third-order valence-corrected chi connectivity index (χ3v) is 5.75. The van der Waals surface area contributed by atoms with Crippen molar-refractivity contribution in [2.24, 2.45) is 5.73 Å². The van der Waals surface area contributed by atoms with Crippen molar-refractivity contribution in [2.45, 2.75) is 32.9 Å². The Balaban J connectivity index is 1.60. The normalized spacial score (nSPS) is 11.6. The molecule has 0 aliphatic carbocycles. The fourth-order valence-electron chi connectivity index (χ4n) is 3.57. The number of carbonyl (C=O) groups is 4. The van der Waals surface area contributed by atoms with Gasteiger partial charge in [0.15, 0.2) is 0 Å². The predicted molar refractivity (Wildman–Crippen MR) is 152 cm³/mol. The average Bonchev–Trinajstić information content (AvgIpc) is 2.97. The van der Waals surface area contributed by atoms with Crippen LogP contribution >= 0.6 is 0 Å². The van der Waals surface area contributed by atoms with E-state index in [1.54, 1.807) is 80.6 Å². The number of benzene rings is 3. The van der Waals surface area contributed by atoms with Crippen LogP contribution in [0.4, 0.5) is 0 Å². The number of amidine groups is 1. The predicted octanol–water partition coefficient (Wildman–Crippen LogP) is 3.77. The number of nitrogen functional groups attached to an aromatic ring is 1. The second-order valence-electron chi connectivity index (χ2n) is 8.91. The lowest BCUT2D eigenvalue weighted by atomic mass is 10.1. The molecule has 0 heterocycles. The molecule has 10 nitrogen and oxygen atoms in total. The summed E-state index contributed by atoms with van der Waals surface area (Å²) in [6, 6.07) is 20.5. The van der Waals surface area contributed by atoms with Crippen LogP contribution in [-0.4, -0.2) is 42.3 Å². The average molecular weight is 558 g/mol. The van der Waals surface area contributed by atoms with Crippen LogP contribution in [-0.2, 0) is 30.5 Å². The van der Waals surface area contributed by atoms with Gasteiger partial charge in [-0.25, -0.2) is 9.59 Å². The quantitative estimate of drug-likeness (QED) is 0.0998. The summed E-state index contributed by atoms with van der Waals surface area (Å²) in [6.07, 6.45) is 1.18. The van der Waals surface area contributed by atoms with E-state index in [2.05, 4.69) is 5.32 Å². The molecule has 212 valence electrons. The second kappa shape index (κ2) is 14.8. The number of esters is 3. The standard InChI is InChI=1S/C31H31N3O7/c1-3-39-31(38)26(18-27(35)40-19-22-7-5-4-6-8-22)34-29(36)20(2)17-21-9-11-24(12-10-21)30(37)41-25-15-13-23(14-16-25)28(32)33/h4-17,26H,3,18-19H2,1-2H3,(H3,32,33)(H,34,36)/b20-17+/t26-/m0/s1. The molecule has 3 aromatic rings. The van der Waals surface area contributed by atoms with Crippen molar-refractivity contribution in [1.82, 2.24) is 5.32 Å². The SMILES string of the molecule is CCOC(=O)[C@H](CC(=O)OCc1ccccc1)NC(=O)/C(C)=C/c1ccc(C(=O)Oc2ccc(C(=N)N)cc2)cc1. The first kappa shape index (κ1) is 30.3. The number of nitrogens with two attached hydrogens (primary N) is 1. The van der Waals surface area contributed by atoms with Gasteiger partial charge in [0.1, 0.15) is 24.2 Å². The molecule has 10 heteroatoms. The van der Waals surface area contributed by atoms with E-state index in [1.165, 1.54) is 0 Å². The van der Waals surface area contributed by atoms with Crippen molar-refractivity contribution < 1.29 is 33.4 Å². The summed E-state index contributed by atoms with van der Waals surface area (Å²) in [6.45, 7) is 3.30. The molecule has 0 bridgehead atoms. The highest BCUT2D eigenvalue weighted by Crippen LogP contribution is 2.16. The molecule has 0 radical (unpaired) electrons. The van der Waals surface area contributed by atoms with Crippen molar-refractivity contribution in [2.75, 3.05) is 6.61 Å². The minimum absolute atomic E-state index is 0.0395. The summed E-state index contributed by atoms with van der Waals surface area (Å²) in [7, 11) is 0. The number of rotatable bonds is 12. The topological polar surface area (TPSA) is 158 Å². The third-order valence-electron chi connectivity index (χ3n) is 5.75. The Morgan fingerprint density at radius 1 is 0.902 bits per heavy atom. The summed E-state index contributed by atoms with van der Waals surface area (Å²) in [5, 5.41) is 9.96. The van der Waals surface area contributed by atoms with E-state index in [-0.39, 0.29) is 36.6 Å². The van der Waals surface area contributed by atoms with Gasteiger partial charge in [0.05, 0.1) is 18.6 Å². The summed E-state index contributed by atoms with van der Waals surface area (Å²) in [5.74, 6) is -2.35. The zero-order valence-electron chi connectivity index (χ0n) is 22.7. The zero-order valence-corrected chi connectivity index (χ0v) is 22.7. The van der Waals surface area contributed by atoms with Gasteiger partial charge in [-0.05, 0) is 67.4 Å². The van der Waals surface area contributed by atoms with Crippen LogP contribution in [0.5, 0.6) is 5.75 Å². The number of hydrogen-bond donors (Lipinski definition) is 3. The Kier molecular flexibility index (Phi) is 10.9. The maximum Gasteiger partial charge on any atom is 0.343 e. The molecule has 0 spiro atoms. The fourth-order valence-corrected chi connectivity index (χ4v) is 3.57. The van der Waals surface area contributed by atoms with Gasteiger partial charge < -0.3 is 25.3 Å². The van der Waals surface area contributed by atoms with Crippen LogP contribution in [0.2, 0.25) is 0 Å². The molecule has 41 heavy (non-hydrogen) atoms. The van der Waals surface area contributed by atoms with E-state index in [0.29, 0.717) is 16.9 Å². The van der Waals surface area contributed by atoms with Crippen molar-refractivity contribution >= 4 is 35.7 Å². The summed E-state index contributed by atoms with van der Waals surface area (Å²) in [5.41, 5.74) is 7.90. The van der Waals surface area contributed by atoms with E-state index >= 15 is 0 Å². The monoisotopic (exact) mass is 557 g/mol. The van der Waals surface area contributed by atoms with Gasteiger partial charge in [-0.2, -0.15) is 0 Å². The fraction of sp³-hybridized carbons (Fsp3) is 0.194. The molecule has 0 saturated heterocycles. The molecule has 3 rings (SSSR count). The molecule has 0 aliphatic heterocycles. The highest BCUT2D eigenvalue weighted by atomic mass is 16.5. The largest absolute Gasteiger partial charge is 0.464 e. The van der Waals surface area contributed by atoms with E-state index < -0.39 is 29.9 Å². The molecule has 0 aromatic heterocycles. The first-order valence-corrected chi connectivity index (χ1v) is 12.8. The highest BCUT2D eigenvalue weighted by Gasteiger charge is 2.26. The number of hydrogen-bond acceptors (Lipinski definition) is 8. The Morgan fingerprint density at radius 2 is 1.54 bits per heavy atom. The Labute approximate surface area is 237 Å². The highest BCUT2D eigenvalue weighted by molar-refractivity contribution is 6.00. The maximum atomic E-state index is 12.8. The van der Waals surface area contributed by atoms with Crippen molar-refractivity contribution in [3.8, 4) is 5.75 Å². The molecule has 0 unspecified atom stereocenters. The zero-order chi connectivity index (χ0) is 29.8. The molecule has 4 N–H and O–H groups in total. The summed E-state index contributed by atoms with van der Waals surface area (Å²) < 4.78 is 15.6. The molecular weight excluding hydrogens is 526 g/mol. The van der Waals surface area contributed by atoms with Crippen molar-refractivity contribution in [3.63, 3.8) is 0 Å². The third kappa shape index (κ3) is 9.47. The van der Waals surface area contributed by atoms with Crippen LogP contribution in [0.1, 0.15) is 47.3 Å². The van der Waals surface area contributed by atoms with E-state index in [0.717, 1.165) is 5.56 Å². The van der Waals surface area contributed by atoms with Crippen LogP contribution < -0.4 is 15.8 Å². The first-order valence-electron chi connectivity index (χ1n) is 12.8. The molecule has 1 atom stereocenters. The van der Waals surface area contributed by atoms with Crippen LogP contribution in [0.15, 0.2) is 84.4 Å². The van der Waals surface area contributed by atoms with Crippen molar-refractivity contribution in [3.05, 3.63) is 107 Å². The Bertz CT molecular complexity index is 1420. The van der Waals surface area contributed by atoms with Gasteiger partial charge in [0.25, 0.3) is 0 Å². The Morgan fingerprint density at radius 3 is 2.15 bits per heavy atom. The smallest absolute Gasteiger partial charge is 0.343 e. The van der Waals surface area contributed by atoms with Gasteiger partial charge in [-0.3, -0.25) is 15.0 Å². The summed E-state index contributed by atoms with van der Waals surface area (Å²) in [4.78, 5) is 50.1. The number of amides is 1. The minimum Gasteiger partial charge on any atom is -0.464 e. The molecule has 0 aliphatic rings. The van der Waals surface area contributed by atoms with Gasteiger partial charge >= 0.3 is 17.9 Å². The summed E-state index contributed by atoms with van der Waals surface area (Å²) >= 11 is 0. The van der Waals surface area contributed by atoms with E-state index in [9.17, 15) is 19.2 Å². The van der Waals surface area contributed by atoms with Crippen LogP contribution in [0.25, 0.3) is 6.08 Å². The first-order chi connectivity index (χ1) is 19.7. The number of nitrogens with one attached hydrogen (secondary N) is 2. The Hall–Kier alpha value is -5.25. The van der Waals surface area contributed by atoms with Gasteiger partial charge in [-0.15, -0.1) is 0 Å². The number of ether oxygens (including phenoxy) is 3. The van der Waals surface area contributed by atoms with E-state index in [4.69, 9.17) is 25.4 Å². The molecule has 1 amide bonds. The maximum absolute atomic E-state index is 12.8. The number of carbonyl (C=O) groups excluding carboxylic acids is 4. The lowest BCUT2D eigenvalue weighted by Crippen LogP contribution is -2.43. The van der Waals surface area contributed by atoms with E-state index in [1.807, 2.05) is 18.2 Å². The van der Waals surface area contributed by atoms with Crippen LogP contribution in [0, 0.1) is 5.41 Å². The van der Waals surface area contributed by atoms with Crippen molar-refractivity contribution in [1.29, 1.82) is 5.41 Å². The van der Waals surface area contributed by atoms with Crippen LogP contribution in [0.3, 0.4) is 0 Å². The minimum atomic E-state index is -1.23. The second-order valence-corrected chi connectivity index (χ2v) is 8.91. The van der Waals surface area contributed by atoms with Gasteiger partial charge in [0.2, 0.25) is 5.91 Å². The lowest BCUT2D eigenvalue weighted by molar-refractivity contribution is -0.153. The van der Waals surface area contributed by atoms with Gasteiger partial charge in [-0.1, -0.05) is 42.5 Å².